The quantitative estimate of drug-likeness (QED) is 0.908. The van der Waals surface area contributed by atoms with Crippen molar-refractivity contribution in [1.29, 1.82) is 0 Å². The van der Waals surface area contributed by atoms with Gasteiger partial charge < -0.3 is 14.8 Å². The molecular weight excluding hydrogens is 252 g/mol. The zero-order valence-electron chi connectivity index (χ0n) is 11.9. The lowest BCUT2D eigenvalue weighted by Crippen LogP contribution is -2.38. The largest absolute Gasteiger partial charge is 0.485 e. The molecule has 1 aliphatic rings. The summed E-state index contributed by atoms with van der Waals surface area (Å²) < 4.78 is 11.2. The van der Waals surface area contributed by atoms with Crippen molar-refractivity contribution in [1.82, 2.24) is 10.3 Å². The van der Waals surface area contributed by atoms with Gasteiger partial charge in [0, 0.05) is 24.0 Å². The molecule has 0 atom stereocenters. The lowest BCUT2D eigenvalue weighted by Gasteiger charge is -2.27. The second kappa shape index (κ2) is 5.77. The molecule has 0 unspecified atom stereocenters. The Morgan fingerprint density at radius 3 is 2.85 bits per heavy atom. The summed E-state index contributed by atoms with van der Waals surface area (Å²) in [6.07, 6.45) is 0.173. The molecule has 0 saturated carbocycles. The molecule has 1 fully saturated rings. The number of hydrogen-bond donors (Lipinski definition) is 1. The highest BCUT2D eigenvalue weighted by Gasteiger charge is 2.21. The van der Waals surface area contributed by atoms with E-state index in [0.717, 1.165) is 28.9 Å². The van der Waals surface area contributed by atoms with Gasteiger partial charge in [-0.15, -0.1) is 0 Å². The molecule has 0 radical (unpaired) electrons. The van der Waals surface area contributed by atoms with Crippen LogP contribution in [-0.2, 0) is 11.3 Å². The SMILES string of the molecule is CC(C)NCc1cc(OC2COC2)c2ccccc2n1. The number of para-hydroxylation sites is 1. The van der Waals surface area contributed by atoms with Crippen LogP contribution >= 0.6 is 0 Å². The van der Waals surface area contributed by atoms with Gasteiger partial charge in [0.15, 0.2) is 0 Å². The molecule has 20 heavy (non-hydrogen) atoms. The van der Waals surface area contributed by atoms with Crippen LogP contribution in [0.2, 0.25) is 0 Å². The Bertz CT molecular complexity index is 594. The molecule has 3 rings (SSSR count). The van der Waals surface area contributed by atoms with E-state index in [1.165, 1.54) is 0 Å². The first-order chi connectivity index (χ1) is 9.72. The van der Waals surface area contributed by atoms with Crippen LogP contribution in [0.5, 0.6) is 5.75 Å². The van der Waals surface area contributed by atoms with Crippen LogP contribution < -0.4 is 10.1 Å². The molecule has 4 nitrogen and oxygen atoms in total. The second-order valence-electron chi connectivity index (χ2n) is 5.44. The average Bonchev–Trinajstić information content (AvgIpc) is 2.40. The molecule has 106 valence electrons. The van der Waals surface area contributed by atoms with Crippen LogP contribution in [-0.4, -0.2) is 30.3 Å². The molecule has 0 amide bonds. The van der Waals surface area contributed by atoms with E-state index in [4.69, 9.17) is 9.47 Å². The molecule has 1 aromatic heterocycles. The molecule has 0 spiro atoms. The van der Waals surface area contributed by atoms with Gasteiger partial charge in [-0.05, 0) is 12.1 Å². The maximum atomic E-state index is 6.02. The highest BCUT2D eigenvalue weighted by atomic mass is 16.6. The normalized spacial score (nSPS) is 15.6. The van der Waals surface area contributed by atoms with Crippen molar-refractivity contribution in [2.24, 2.45) is 0 Å². The Morgan fingerprint density at radius 2 is 2.15 bits per heavy atom. The summed E-state index contributed by atoms with van der Waals surface area (Å²) in [6.45, 7) is 6.36. The number of fused-ring (bicyclic) bond motifs is 1. The Morgan fingerprint density at radius 1 is 1.35 bits per heavy atom. The Hall–Kier alpha value is -1.65. The molecule has 0 bridgehead atoms. The van der Waals surface area contributed by atoms with Crippen molar-refractivity contribution in [3.05, 3.63) is 36.0 Å². The van der Waals surface area contributed by atoms with E-state index in [1.807, 2.05) is 24.3 Å². The van der Waals surface area contributed by atoms with Crippen molar-refractivity contribution in [3.63, 3.8) is 0 Å². The van der Waals surface area contributed by atoms with Crippen molar-refractivity contribution in [2.75, 3.05) is 13.2 Å². The van der Waals surface area contributed by atoms with E-state index >= 15 is 0 Å². The smallest absolute Gasteiger partial charge is 0.145 e. The summed E-state index contributed by atoms with van der Waals surface area (Å²) in [5.74, 6) is 0.907. The predicted molar refractivity (Wildman–Crippen MR) is 79.0 cm³/mol. The van der Waals surface area contributed by atoms with Gasteiger partial charge in [0.25, 0.3) is 0 Å². The fourth-order valence-corrected chi connectivity index (χ4v) is 2.15. The van der Waals surface area contributed by atoms with Crippen LogP contribution in [0.1, 0.15) is 19.5 Å². The molecule has 0 aliphatic carbocycles. The lowest BCUT2D eigenvalue weighted by atomic mass is 10.1. The number of nitrogens with one attached hydrogen (secondary N) is 1. The summed E-state index contributed by atoms with van der Waals surface area (Å²) in [5.41, 5.74) is 1.98. The average molecular weight is 272 g/mol. The van der Waals surface area contributed by atoms with E-state index in [9.17, 15) is 0 Å². The van der Waals surface area contributed by atoms with Gasteiger partial charge >= 0.3 is 0 Å². The number of hydrogen-bond acceptors (Lipinski definition) is 4. The maximum Gasteiger partial charge on any atom is 0.145 e. The topological polar surface area (TPSA) is 43.4 Å². The Labute approximate surface area is 119 Å². The minimum atomic E-state index is 0.173. The highest BCUT2D eigenvalue weighted by molar-refractivity contribution is 5.85. The third-order valence-electron chi connectivity index (χ3n) is 3.32. The minimum absolute atomic E-state index is 0.173. The standard InChI is InChI=1S/C16H20N2O2/c1-11(2)17-8-12-7-16(20-13-9-19-10-13)14-5-3-4-6-15(14)18-12/h3-7,11,13,17H,8-10H2,1-2H3. The van der Waals surface area contributed by atoms with Crippen LogP contribution in [0.3, 0.4) is 0 Å². The number of rotatable bonds is 5. The van der Waals surface area contributed by atoms with Crippen molar-refractivity contribution >= 4 is 10.9 Å². The number of aromatic nitrogens is 1. The number of pyridine rings is 1. The molecule has 4 heteroatoms. The number of nitrogens with zero attached hydrogens (tertiary/aromatic N) is 1. The molecule has 1 saturated heterocycles. The van der Waals surface area contributed by atoms with Crippen LogP contribution in [0, 0.1) is 0 Å². The van der Waals surface area contributed by atoms with Gasteiger partial charge in [0.2, 0.25) is 0 Å². The van der Waals surface area contributed by atoms with Crippen LogP contribution in [0.25, 0.3) is 10.9 Å². The lowest BCUT2D eigenvalue weighted by molar-refractivity contribution is -0.0791. The molecule has 2 aromatic rings. The van der Waals surface area contributed by atoms with Crippen molar-refractivity contribution in [3.8, 4) is 5.75 Å². The molecular formula is C16H20N2O2. The van der Waals surface area contributed by atoms with E-state index < -0.39 is 0 Å². The van der Waals surface area contributed by atoms with E-state index in [2.05, 4.69) is 30.2 Å². The highest BCUT2D eigenvalue weighted by Crippen LogP contribution is 2.27. The molecule has 1 N–H and O–H groups in total. The van der Waals surface area contributed by atoms with Gasteiger partial charge in [0.05, 0.1) is 24.4 Å². The fourth-order valence-electron chi connectivity index (χ4n) is 2.15. The van der Waals surface area contributed by atoms with Gasteiger partial charge in [-0.25, -0.2) is 0 Å². The molecule has 1 aromatic carbocycles. The predicted octanol–water partition coefficient (Wildman–Crippen LogP) is 2.51. The fraction of sp³-hybridized carbons (Fsp3) is 0.438. The van der Waals surface area contributed by atoms with Gasteiger partial charge in [-0.1, -0.05) is 26.0 Å². The first kappa shape index (κ1) is 13.3. The monoisotopic (exact) mass is 272 g/mol. The van der Waals surface area contributed by atoms with E-state index in [-0.39, 0.29) is 6.10 Å². The third kappa shape index (κ3) is 2.92. The zero-order chi connectivity index (χ0) is 13.9. The third-order valence-corrected chi connectivity index (χ3v) is 3.32. The number of ether oxygens (including phenoxy) is 2. The molecule has 1 aliphatic heterocycles. The van der Waals surface area contributed by atoms with Gasteiger partial charge in [0.1, 0.15) is 11.9 Å². The number of benzene rings is 1. The van der Waals surface area contributed by atoms with Crippen molar-refractivity contribution < 1.29 is 9.47 Å². The van der Waals surface area contributed by atoms with Crippen LogP contribution in [0.4, 0.5) is 0 Å². The summed E-state index contributed by atoms with van der Waals surface area (Å²) in [7, 11) is 0. The first-order valence-corrected chi connectivity index (χ1v) is 7.09. The minimum Gasteiger partial charge on any atom is -0.485 e. The maximum absolute atomic E-state index is 6.02. The molecule has 2 heterocycles. The summed E-state index contributed by atoms with van der Waals surface area (Å²) in [5, 5.41) is 4.45. The zero-order valence-corrected chi connectivity index (χ0v) is 11.9. The summed E-state index contributed by atoms with van der Waals surface area (Å²) >= 11 is 0. The first-order valence-electron chi connectivity index (χ1n) is 7.09. The second-order valence-corrected chi connectivity index (χ2v) is 5.44. The Kier molecular flexibility index (Phi) is 3.85. The Balaban J connectivity index is 1.91. The van der Waals surface area contributed by atoms with E-state index in [0.29, 0.717) is 19.3 Å². The van der Waals surface area contributed by atoms with E-state index in [1.54, 1.807) is 0 Å². The summed E-state index contributed by atoms with van der Waals surface area (Å²) in [4.78, 5) is 4.69. The summed E-state index contributed by atoms with van der Waals surface area (Å²) in [6, 6.07) is 10.6. The van der Waals surface area contributed by atoms with Gasteiger partial charge in [-0.3, -0.25) is 4.98 Å². The van der Waals surface area contributed by atoms with Gasteiger partial charge in [-0.2, -0.15) is 0 Å². The van der Waals surface area contributed by atoms with Crippen LogP contribution in [0.15, 0.2) is 30.3 Å². The van der Waals surface area contributed by atoms with Crippen molar-refractivity contribution in [2.45, 2.75) is 32.5 Å².